The first kappa shape index (κ1) is 10.5. The topological polar surface area (TPSA) is 18.5 Å². The Labute approximate surface area is 167 Å². The summed E-state index contributed by atoms with van der Waals surface area (Å²) >= 11 is 1.29. The minimum absolute atomic E-state index is 0.00323. The van der Waals surface area contributed by atoms with Crippen molar-refractivity contribution in [1.29, 1.82) is 0 Å². The smallest absolute Gasteiger partial charge is 0.399 e. The van der Waals surface area contributed by atoms with Crippen molar-refractivity contribution < 1.29 is 18.9 Å². The Bertz CT molecular complexity index is 1500. The first-order valence-corrected chi connectivity index (χ1v) is 9.30. The zero-order valence-corrected chi connectivity index (χ0v) is 15.8. The van der Waals surface area contributed by atoms with Gasteiger partial charge in [0.1, 0.15) is 0 Å². The number of hydrogen-bond donors (Lipinski definition) is 0. The van der Waals surface area contributed by atoms with Crippen LogP contribution in [-0.4, -0.2) is 18.3 Å². The lowest BCUT2D eigenvalue weighted by Crippen LogP contribution is -2.41. The molecule has 4 aromatic rings. The van der Waals surface area contributed by atoms with Crippen LogP contribution in [0, 0.1) is 0 Å². The lowest BCUT2D eigenvalue weighted by molar-refractivity contribution is 0.00578. The van der Waals surface area contributed by atoms with Crippen LogP contribution in [0.25, 0.3) is 30.9 Å². The van der Waals surface area contributed by atoms with Crippen LogP contribution in [0.5, 0.6) is 0 Å². The molecule has 0 spiro atoms. The van der Waals surface area contributed by atoms with E-state index in [1.165, 1.54) is 17.4 Å². The summed E-state index contributed by atoms with van der Waals surface area (Å²) in [6.45, 7) is 7.61. The van der Waals surface area contributed by atoms with Gasteiger partial charge in [-0.2, -0.15) is 0 Å². The molecule has 1 fully saturated rings. The molecule has 0 saturated carbocycles. The van der Waals surface area contributed by atoms with Crippen LogP contribution in [-0.2, 0) is 9.31 Å². The van der Waals surface area contributed by atoms with E-state index in [1.807, 2.05) is 27.7 Å². The molecule has 0 radical (unpaired) electrons. The summed E-state index contributed by atoms with van der Waals surface area (Å²) in [5.74, 6) is 0. The van der Waals surface area contributed by atoms with Crippen molar-refractivity contribution in [3.8, 4) is 0 Å². The Morgan fingerprint density at radius 3 is 2.42 bits per heavy atom. The molecule has 0 atom stereocenters. The van der Waals surface area contributed by atoms with Crippen LogP contribution in [0.3, 0.4) is 0 Å². The molecule has 2 heterocycles. The minimum atomic E-state index is -0.925. The van der Waals surface area contributed by atoms with Gasteiger partial charge in [0.25, 0.3) is 0 Å². The highest BCUT2D eigenvalue weighted by atomic mass is 32.1. The molecule has 1 aromatic heterocycles. The Hall–Kier alpha value is -1.88. The SMILES string of the molecule is [2H]c1cc2c(c([2H])c1[2H])c([2H])c([2H])c1c2sc2cc([2H])c([2H])c(B3OC(C)(C)C(C)(C)O3)c21. The maximum atomic E-state index is 8.78. The standard InChI is InChI=1S/C22H21BO2S/c1-21(2)22(3,4)25-23(24-21)17-10-7-11-18-19(17)16-13-12-14-8-5-6-9-15(14)20(16)26-18/h5-13H,1-4H3/i5D,6D,7D,8D,10D,12D,13D. The van der Waals surface area contributed by atoms with Gasteiger partial charge >= 0.3 is 7.12 Å². The van der Waals surface area contributed by atoms with Gasteiger partial charge in [-0.1, -0.05) is 48.4 Å². The molecule has 1 aliphatic heterocycles. The van der Waals surface area contributed by atoms with Gasteiger partial charge in [0, 0.05) is 20.2 Å². The highest BCUT2D eigenvalue weighted by Crippen LogP contribution is 2.40. The number of thiophene rings is 1. The second-order valence-electron chi connectivity index (χ2n) is 7.54. The van der Waals surface area contributed by atoms with Crippen LogP contribution in [0.15, 0.2) is 54.4 Å². The molecule has 4 heteroatoms. The summed E-state index contributed by atoms with van der Waals surface area (Å²) in [5.41, 5.74) is -0.978. The fraction of sp³-hybridized carbons (Fsp3) is 0.273. The molecular formula is C22H21BO2S. The summed E-state index contributed by atoms with van der Waals surface area (Å²) < 4.78 is 72.5. The zero-order valence-electron chi connectivity index (χ0n) is 22.0. The number of benzene rings is 3. The van der Waals surface area contributed by atoms with Crippen molar-refractivity contribution in [2.75, 3.05) is 0 Å². The van der Waals surface area contributed by atoms with E-state index < -0.39 is 18.3 Å². The Morgan fingerprint density at radius 1 is 0.885 bits per heavy atom. The quantitative estimate of drug-likeness (QED) is 0.413. The predicted molar refractivity (Wildman–Crippen MR) is 113 cm³/mol. The summed E-state index contributed by atoms with van der Waals surface area (Å²) in [6, 6.07) is 1.99. The van der Waals surface area contributed by atoms with Gasteiger partial charge in [0.05, 0.1) is 20.8 Å². The number of fused-ring (bicyclic) bond motifs is 5. The molecule has 26 heavy (non-hydrogen) atoms. The number of rotatable bonds is 1. The van der Waals surface area contributed by atoms with Crippen LogP contribution in [0.2, 0.25) is 0 Å². The minimum Gasteiger partial charge on any atom is -0.399 e. The lowest BCUT2D eigenvalue weighted by atomic mass is 9.76. The van der Waals surface area contributed by atoms with Gasteiger partial charge in [-0.25, -0.2) is 0 Å². The molecule has 1 saturated heterocycles. The first-order valence-electron chi connectivity index (χ1n) is 12.0. The third kappa shape index (κ3) is 2.19. The van der Waals surface area contributed by atoms with E-state index in [-0.39, 0.29) is 47.7 Å². The van der Waals surface area contributed by atoms with Crippen molar-refractivity contribution in [1.82, 2.24) is 0 Å². The second kappa shape index (κ2) is 5.32. The molecule has 0 amide bonds. The van der Waals surface area contributed by atoms with Crippen LogP contribution in [0.1, 0.15) is 37.3 Å². The summed E-state index contributed by atoms with van der Waals surface area (Å²) in [6.07, 6.45) is 0. The molecule has 0 N–H and O–H groups in total. The van der Waals surface area contributed by atoms with Crippen LogP contribution >= 0.6 is 11.3 Å². The average Bonchev–Trinajstić information content (AvgIpc) is 3.18. The highest BCUT2D eigenvalue weighted by Gasteiger charge is 2.52. The monoisotopic (exact) mass is 367 g/mol. The fourth-order valence-electron chi connectivity index (χ4n) is 3.26. The van der Waals surface area contributed by atoms with E-state index >= 15 is 0 Å². The van der Waals surface area contributed by atoms with Gasteiger partial charge in [-0.3, -0.25) is 0 Å². The summed E-state index contributed by atoms with van der Waals surface area (Å²) in [4.78, 5) is 0. The van der Waals surface area contributed by atoms with E-state index in [0.29, 0.717) is 31.0 Å². The van der Waals surface area contributed by atoms with E-state index in [0.717, 1.165) is 0 Å². The van der Waals surface area contributed by atoms with Gasteiger partial charge in [-0.15, -0.1) is 11.3 Å². The molecular weight excluding hydrogens is 339 g/mol. The molecule has 0 bridgehead atoms. The van der Waals surface area contributed by atoms with E-state index in [9.17, 15) is 0 Å². The first-order chi connectivity index (χ1) is 15.3. The van der Waals surface area contributed by atoms with Gasteiger partial charge < -0.3 is 9.31 Å². The fourth-order valence-corrected chi connectivity index (χ4v) is 4.43. The molecule has 130 valence electrons. The molecule has 0 aliphatic carbocycles. The maximum absolute atomic E-state index is 8.78. The summed E-state index contributed by atoms with van der Waals surface area (Å²) in [5, 5.41) is 1.57. The van der Waals surface area contributed by atoms with Crippen molar-refractivity contribution in [3.63, 3.8) is 0 Å². The Morgan fingerprint density at radius 2 is 1.65 bits per heavy atom. The molecule has 2 nitrogen and oxygen atoms in total. The van der Waals surface area contributed by atoms with Crippen molar-refractivity contribution in [2.45, 2.75) is 38.9 Å². The highest BCUT2D eigenvalue weighted by molar-refractivity contribution is 7.27. The van der Waals surface area contributed by atoms with E-state index in [2.05, 4.69) is 0 Å². The Kier molecular flexibility index (Phi) is 2.14. The van der Waals surface area contributed by atoms with Gasteiger partial charge in [0.2, 0.25) is 0 Å². The third-order valence-electron chi connectivity index (χ3n) is 5.41. The van der Waals surface area contributed by atoms with Crippen LogP contribution in [0.4, 0.5) is 0 Å². The number of hydrogen-bond acceptors (Lipinski definition) is 3. The largest absolute Gasteiger partial charge is 0.495 e. The second-order valence-corrected chi connectivity index (χ2v) is 8.59. The summed E-state index contributed by atoms with van der Waals surface area (Å²) in [7, 11) is -0.925. The van der Waals surface area contributed by atoms with Crippen molar-refractivity contribution in [3.05, 3.63) is 54.4 Å². The normalized spacial score (nSPS) is 22.8. The van der Waals surface area contributed by atoms with Gasteiger partial charge in [0.15, 0.2) is 0 Å². The van der Waals surface area contributed by atoms with Gasteiger partial charge in [-0.05, 0) is 50.0 Å². The molecule has 0 unspecified atom stereocenters. The van der Waals surface area contributed by atoms with E-state index in [1.54, 1.807) is 6.07 Å². The molecule has 3 aromatic carbocycles. The van der Waals surface area contributed by atoms with Crippen molar-refractivity contribution >= 4 is 54.9 Å². The Balaban J connectivity index is 1.96. The maximum Gasteiger partial charge on any atom is 0.495 e. The predicted octanol–water partition coefficient (Wildman–Crippen LogP) is 5.51. The molecule has 1 aliphatic rings. The lowest BCUT2D eigenvalue weighted by Gasteiger charge is -2.32. The molecule has 5 rings (SSSR count). The third-order valence-corrected chi connectivity index (χ3v) is 6.58. The average molecular weight is 367 g/mol. The van der Waals surface area contributed by atoms with Crippen molar-refractivity contribution in [2.24, 2.45) is 0 Å². The zero-order chi connectivity index (χ0) is 24.2. The van der Waals surface area contributed by atoms with Crippen LogP contribution < -0.4 is 5.46 Å². The van der Waals surface area contributed by atoms with E-state index in [4.69, 9.17) is 18.9 Å².